The van der Waals surface area contributed by atoms with Gasteiger partial charge in [-0.1, -0.05) is 80.4 Å². The number of amidine groups is 2. The van der Waals surface area contributed by atoms with Gasteiger partial charge in [0.25, 0.3) is 11.8 Å². The van der Waals surface area contributed by atoms with E-state index in [2.05, 4.69) is 31.9 Å². The van der Waals surface area contributed by atoms with Crippen molar-refractivity contribution in [2.24, 2.45) is 9.98 Å². The Hall–Kier alpha value is -4.80. The topological polar surface area (TPSA) is 83.8 Å². The van der Waals surface area contributed by atoms with E-state index in [0.717, 1.165) is 42.7 Å². The van der Waals surface area contributed by atoms with Gasteiger partial charge >= 0.3 is 0 Å². The monoisotopic (exact) mass is 738 g/mol. The fourth-order valence-corrected chi connectivity index (χ4v) is 5.60. The van der Waals surface area contributed by atoms with E-state index >= 15 is 0 Å². The molecular weight excluding hydrogens is 712 g/mol. The van der Waals surface area contributed by atoms with Crippen LogP contribution in [0.25, 0.3) is 12.2 Å². The standard InChI is InChI=1S/C36H28Br2N4O4/c1-45-29-15-3-23(4-16-29)21-31-35(43)41(33(39-31)25-7-11-27(37)12-8-25)19-20-42-34(26-9-13-28(38)14-10-26)40-32(36(42)44)22-24-5-17-30(46-2)18-6-24/h3-18,21-22H,19-20H2,1-2H3. The van der Waals surface area contributed by atoms with Gasteiger partial charge in [-0.2, -0.15) is 0 Å². The number of aliphatic imine (C=N–C) groups is 2. The first-order valence-corrected chi connectivity index (χ1v) is 16.0. The number of methoxy groups -OCH3 is 2. The van der Waals surface area contributed by atoms with Crippen LogP contribution in [0.2, 0.25) is 0 Å². The number of carbonyl (C=O) groups excluding carboxylic acids is 2. The summed E-state index contributed by atoms with van der Waals surface area (Å²) >= 11 is 6.97. The zero-order valence-corrected chi connectivity index (χ0v) is 28.2. The van der Waals surface area contributed by atoms with E-state index in [4.69, 9.17) is 19.5 Å². The van der Waals surface area contributed by atoms with Gasteiger partial charge in [-0.3, -0.25) is 19.4 Å². The smallest absolute Gasteiger partial charge is 0.278 e. The highest BCUT2D eigenvalue weighted by molar-refractivity contribution is 9.10. The molecule has 0 spiro atoms. The first kappa shape index (κ1) is 31.2. The lowest BCUT2D eigenvalue weighted by molar-refractivity contribution is -0.125. The van der Waals surface area contributed by atoms with Crippen molar-refractivity contribution in [1.82, 2.24) is 9.80 Å². The Morgan fingerprint density at radius 1 is 0.565 bits per heavy atom. The molecule has 0 bridgehead atoms. The molecule has 0 atom stereocenters. The average molecular weight is 740 g/mol. The SMILES string of the molecule is COc1ccc(C=C2N=C(c3ccc(Br)cc3)N(CCN3C(=O)C(=Cc4ccc(OC)cc4)N=C3c3ccc(Br)cc3)C2=O)cc1. The van der Waals surface area contributed by atoms with E-state index < -0.39 is 0 Å². The lowest BCUT2D eigenvalue weighted by atomic mass is 10.1. The van der Waals surface area contributed by atoms with Gasteiger partial charge in [-0.05, 0) is 71.8 Å². The van der Waals surface area contributed by atoms with Crippen LogP contribution in [0.15, 0.2) is 127 Å². The summed E-state index contributed by atoms with van der Waals surface area (Å²) in [6, 6.07) is 30.1. The second-order valence-corrected chi connectivity index (χ2v) is 12.2. The molecule has 0 fully saturated rings. The Morgan fingerprint density at radius 2 is 0.913 bits per heavy atom. The van der Waals surface area contributed by atoms with Gasteiger partial charge in [0, 0.05) is 33.2 Å². The number of carbonyl (C=O) groups is 2. The van der Waals surface area contributed by atoms with Crippen LogP contribution in [0.4, 0.5) is 0 Å². The number of hydrogen-bond acceptors (Lipinski definition) is 6. The minimum Gasteiger partial charge on any atom is -0.497 e. The van der Waals surface area contributed by atoms with E-state index in [9.17, 15) is 9.59 Å². The highest BCUT2D eigenvalue weighted by atomic mass is 79.9. The molecular formula is C36H28Br2N4O4. The van der Waals surface area contributed by atoms with Gasteiger partial charge in [0.05, 0.1) is 14.2 Å². The lowest BCUT2D eigenvalue weighted by Gasteiger charge is -2.24. The highest BCUT2D eigenvalue weighted by Crippen LogP contribution is 2.27. The zero-order chi connectivity index (χ0) is 32.2. The van der Waals surface area contributed by atoms with Gasteiger partial charge in [-0.15, -0.1) is 0 Å². The second kappa shape index (κ2) is 13.7. The minimum absolute atomic E-state index is 0.199. The molecule has 10 heteroatoms. The van der Waals surface area contributed by atoms with Crippen molar-refractivity contribution in [1.29, 1.82) is 0 Å². The molecule has 46 heavy (non-hydrogen) atoms. The molecule has 6 rings (SSSR count). The molecule has 2 aliphatic heterocycles. The summed E-state index contributed by atoms with van der Waals surface area (Å²) in [5.74, 6) is 1.96. The van der Waals surface area contributed by atoms with E-state index in [0.29, 0.717) is 23.1 Å². The molecule has 0 N–H and O–H groups in total. The Balaban J connectivity index is 1.31. The molecule has 0 aromatic heterocycles. The quantitative estimate of drug-likeness (QED) is 0.170. The van der Waals surface area contributed by atoms with Gasteiger partial charge in [0.2, 0.25) is 0 Å². The maximum Gasteiger partial charge on any atom is 0.278 e. The summed E-state index contributed by atoms with van der Waals surface area (Å²) in [5.41, 5.74) is 3.80. The van der Waals surface area contributed by atoms with Gasteiger partial charge in [-0.25, -0.2) is 9.98 Å². The molecule has 4 aromatic rings. The van der Waals surface area contributed by atoms with Crippen molar-refractivity contribution in [2.75, 3.05) is 27.3 Å². The maximum atomic E-state index is 13.9. The zero-order valence-electron chi connectivity index (χ0n) is 25.0. The van der Waals surface area contributed by atoms with Crippen LogP contribution in [0.1, 0.15) is 22.3 Å². The average Bonchev–Trinajstić information content (AvgIpc) is 3.55. The largest absolute Gasteiger partial charge is 0.497 e. The molecule has 0 saturated carbocycles. The van der Waals surface area contributed by atoms with Crippen LogP contribution in [-0.4, -0.2) is 60.6 Å². The van der Waals surface area contributed by atoms with Crippen molar-refractivity contribution >= 4 is 67.5 Å². The molecule has 0 aliphatic carbocycles. The van der Waals surface area contributed by atoms with Crippen molar-refractivity contribution in [3.05, 3.63) is 140 Å². The van der Waals surface area contributed by atoms with E-state index in [-0.39, 0.29) is 24.9 Å². The lowest BCUT2D eigenvalue weighted by Crippen LogP contribution is -2.42. The van der Waals surface area contributed by atoms with Crippen LogP contribution in [-0.2, 0) is 9.59 Å². The van der Waals surface area contributed by atoms with E-state index in [1.807, 2.05) is 97.1 Å². The molecule has 0 unspecified atom stereocenters. The van der Waals surface area contributed by atoms with Gasteiger partial charge in [0.15, 0.2) is 0 Å². The van der Waals surface area contributed by atoms with Gasteiger partial charge in [0.1, 0.15) is 34.6 Å². The van der Waals surface area contributed by atoms with Gasteiger partial charge < -0.3 is 9.47 Å². The van der Waals surface area contributed by atoms with Crippen molar-refractivity contribution < 1.29 is 19.1 Å². The molecule has 8 nitrogen and oxygen atoms in total. The molecule has 0 radical (unpaired) electrons. The maximum absolute atomic E-state index is 13.9. The molecule has 230 valence electrons. The third-order valence-corrected chi connectivity index (χ3v) is 8.54. The van der Waals surface area contributed by atoms with Crippen LogP contribution in [0.3, 0.4) is 0 Å². The number of ether oxygens (including phenoxy) is 2. The number of amides is 2. The summed E-state index contributed by atoms with van der Waals surface area (Å²) < 4.78 is 12.4. The Labute approximate surface area is 283 Å². The fourth-order valence-electron chi connectivity index (χ4n) is 5.07. The summed E-state index contributed by atoms with van der Waals surface area (Å²) in [6.45, 7) is 0.398. The van der Waals surface area contributed by atoms with Crippen LogP contribution in [0, 0.1) is 0 Å². The van der Waals surface area contributed by atoms with Crippen molar-refractivity contribution in [3.8, 4) is 11.5 Å². The number of hydrogen-bond donors (Lipinski definition) is 0. The summed E-state index contributed by atoms with van der Waals surface area (Å²) in [5, 5.41) is 0. The number of rotatable bonds is 9. The third-order valence-electron chi connectivity index (χ3n) is 7.48. The first-order chi connectivity index (χ1) is 22.3. The summed E-state index contributed by atoms with van der Waals surface area (Å²) in [6.07, 6.45) is 3.51. The molecule has 2 aliphatic rings. The Bertz CT molecular complexity index is 1760. The normalized spacial score (nSPS) is 16.3. The Kier molecular flexibility index (Phi) is 9.28. The molecule has 2 amide bonds. The van der Waals surface area contributed by atoms with Crippen molar-refractivity contribution in [3.63, 3.8) is 0 Å². The number of nitrogens with zero attached hydrogens (tertiary/aromatic N) is 4. The Morgan fingerprint density at radius 3 is 1.24 bits per heavy atom. The minimum atomic E-state index is -0.253. The molecule has 4 aromatic carbocycles. The van der Waals surface area contributed by atoms with E-state index in [1.54, 1.807) is 36.2 Å². The third kappa shape index (κ3) is 6.73. The van der Waals surface area contributed by atoms with Crippen LogP contribution >= 0.6 is 31.9 Å². The first-order valence-electron chi connectivity index (χ1n) is 14.4. The number of benzene rings is 4. The highest BCUT2D eigenvalue weighted by Gasteiger charge is 2.35. The van der Waals surface area contributed by atoms with Crippen LogP contribution < -0.4 is 9.47 Å². The number of halogens is 2. The predicted molar refractivity (Wildman–Crippen MR) is 187 cm³/mol. The summed E-state index contributed by atoms with van der Waals surface area (Å²) in [4.78, 5) is 40.5. The summed E-state index contributed by atoms with van der Waals surface area (Å²) in [7, 11) is 3.22. The molecule has 0 saturated heterocycles. The van der Waals surface area contributed by atoms with E-state index in [1.165, 1.54) is 0 Å². The van der Waals surface area contributed by atoms with Crippen molar-refractivity contribution in [2.45, 2.75) is 0 Å². The fraction of sp³-hybridized carbons (Fsp3) is 0.111. The van der Waals surface area contributed by atoms with Crippen LogP contribution in [0.5, 0.6) is 11.5 Å². The molecule has 2 heterocycles. The second-order valence-electron chi connectivity index (χ2n) is 10.4. The predicted octanol–water partition coefficient (Wildman–Crippen LogP) is 7.19.